The third-order valence-corrected chi connectivity index (χ3v) is 7.09. The fourth-order valence-corrected chi connectivity index (χ4v) is 4.60. The molecule has 31 heavy (non-hydrogen) atoms. The fourth-order valence-electron chi connectivity index (χ4n) is 3.27. The summed E-state index contributed by atoms with van der Waals surface area (Å²) in [5.74, 6) is 0.912. The second-order valence-corrected chi connectivity index (χ2v) is 11.1. The minimum Gasteiger partial charge on any atom is -0.490 e. The van der Waals surface area contributed by atoms with Gasteiger partial charge >= 0.3 is 0 Å². The first kappa shape index (κ1) is 23.4. The molecule has 2 aromatic carbocycles. The van der Waals surface area contributed by atoms with E-state index in [1.807, 2.05) is 20.8 Å². The molecule has 1 aliphatic rings. The van der Waals surface area contributed by atoms with Crippen molar-refractivity contribution in [2.45, 2.75) is 45.9 Å². The summed E-state index contributed by atoms with van der Waals surface area (Å²) >= 11 is 6.09. The zero-order valence-corrected chi connectivity index (χ0v) is 20.1. The Hall–Kier alpha value is -2.25. The molecule has 1 N–H and O–H groups in total. The molecule has 0 atom stereocenters. The third-order valence-electron chi connectivity index (χ3n) is 5.30. The van der Waals surface area contributed by atoms with Crippen LogP contribution in [0.5, 0.6) is 5.75 Å². The van der Waals surface area contributed by atoms with Gasteiger partial charge < -0.3 is 9.64 Å². The van der Waals surface area contributed by atoms with Gasteiger partial charge in [-0.25, -0.2) is 8.42 Å². The van der Waals surface area contributed by atoms with Crippen LogP contribution in [0.25, 0.3) is 0 Å². The molecular weight excluding hydrogens is 436 g/mol. The number of fused-ring (bicyclic) bond motifs is 1. The Bertz CT molecular complexity index is 1100. The number of nitrogens with one attached hydrogen (secondary N) is 1. The number of ether oxygens (including phenoxy) is 1. The summed E-state index contributed by atoms with van der Waals surface area (Å²) in [5, 5.41) is 0.384. The molecule has 0 spiro atoms. The van der Waals surface area contributed by atoms with Crippen LogP contribution >= 0.6 is 11.6 Å². The van der Waals surface area contributed by atoms with E-state index in [9.17, 15) is 13.2 Å². The maximum Gasteiger partial charge on any atom is 0.261 e. The van der Waals surface area contributed by atoms with Gasteiger partial charge in [-0.15, -0.1) is 0 Å². The molecule has 0 bridgehead atoms. The summed E-state index contributed by atoms with van der Waals surface area (Å²) < 4.78 is 34.2. The number of rotatable bonds is 6. The summed E-state index contributed by atoms with van der Waals surface area (Å²) in [6, 6.07) is 9.60. The van der Waals surface area contributed by atoms with Crippen molar-refractivity contribution in [1.82, 2.24) is 0 Å². The van der Waals surface area contributed by atoms with Gasteiger partial charge in [0, 0.05) is 17.6 Å². The van der Waals surface area contributed by atoms with Crippen LogP contribution in [-0.2, 0) is 14.8 Å². The number of amides is 1. The molecule has 0 aliphatic carbocycles. The minimum atomic E-state index is -3.83. The van der Waals surface area contributed by atoms with Gasteiger partial charge in [-0.2, -0.15) is 0 Å². The monoisotopic (exact) mass is 464 g/mol. The summed E-state index contributed by atoms with van der Waals surface area (Å²) in [6.07, 6.45) is 0.851. The molecule has 0 saturated heterocycles. The lowest BCUT2D eigenvalue weighted by Crippen LogP contribution is -2.42. The average molecular weight is 465 g/mol. The van der Waals surface area contributed by atoms with Crippen LogP contribution in [0.15, 0.2) is 41.3 Å². The van der Waals surface area contributed by atoms with E-state index < -0.39 is 15.4 Å². The lowest BCUT2D eigenvalue weighted by atomic mass is 9.92. The normalized spacial score (nSPS) is 16.0. The third kappa shape index (κ3) is 5.15. The number of carbonyl (C=O) groups excluding carboxylic acids is 1. The second kappa shape index (κ2) is 8.71. The van der Waals surface area contributed by atoms with Gasteiger partial charge in [0.2, 0.25) is 5.91 Å². The molecule has 1 heterocycles. The predicted octanol–water partition coefficient (Wildman–Crippen LogP) is 5.25. The molecule has 8 heteroatoms. The van der Waals surface area contributed by atoms with E-state index in [2.05, 4.69) is 18.6 Å². The topological polar surface area (TPSA) is 75.7 Å². The second-order valence-electron chi connectivity index (χ2n) is 9.01. The van der Waals surface area contributed by atoms with Crippen LogP contribution < -0.4 is 14.4 Å². The first-order chi connectivity index (χ1) is 14.4. The van der Waals surface area contributed by atoms with Crippen LogP contribution in [0.3, 0.4) is 0 Å². The number of sulfonamides is 1. The molecule has 0 fully saturated rings. The van der Waals surface area contributed by atoms with Crippen molar-refractivity contribution >= 4 is 38.9 Å². The smallest absolute Gasteiger partial charge is 0.261 e. The highest BCUT2D eigenvalue weighted by Gasteiger charge is 2.37. The van der Waals surface area contributed by atoms with Crippen LogP contribution in [0.2, 0.25) is 5.02 Å². The molecule has 1 aliphatic heterocycles. The predicted molar refractivity (Wildman–Crippen MR) is 125 cm³/mol. The molecule has 0 unspecified atom stereocenters. The Labute approximate surface area is 189 Å². The largest absolute Gasteiger partial charge is 0.490 e. The van der Waals surface area contributed by atoms with Gasteiger partial charge in [-0.05, 0) is 62.9 Å². The molecule has 0 radical (unpaired) electrons. The molecular formula is C23H29ClN2O4S. The number of halogens is 1. The maximum absolute atomic E-state index is 13.1. The van der Waals surface area contributed by atoms with E-state index in [1.54, 1.807) is 29.2 Å². The number of hydrogen-bond donors (Lipinski definition) is 1. The van der Waals surface area contributed by atoms with Gasteiger partial charge in [0.15, 0.2) is 0 Å². The van der Waals surface area contributed by atoms with Crippen molar-refractivity contribution in [1.29, 1.82) is 0 Å². The van der Waals surface area contributed by atoms with Crippen molar-refractivity contribution in [2.24, 2.45) is 11.3 Å². The van der Waals surface area contributed by atoms with Crippen molar-refractivity contribution in [2.75, 3.05) is 22.8 Å². The van der Waals surface area contributed by atoms with Crippen molar-refractivity contribution in [3.8, 4) is 5.75 Å². The van der Waals surface area contributed by atoms with Crippen LogP contribution in [-0.4, -0.2) is 27.5 Å². The highest BCUT2D eigenvalue weighted by atomic mass is 35.5. The summed E-state index contributed by atoms with van der Waals surface area (Å²) in [5.41, 5.74) is 1.12. The van der Waals surface area contributed by atoms with Gasteiger partial charge in [0.05, 0.1) is 21.7 Å². The Balaban J connectivity index is 1.94. The summed E-state index contributed by atoms with van der Waals surface area (Å²) in [7, 11) is -3.83. The maximum atomic E-state index is 13.1. The van der Waals surface area contributed by atoms with Crippen LogP contribution in [0.1, 0.15) is 39.7 Å². The van der Waals surface area contributed by atoms with Gasteiger partial charge in [0.1, 0.15) is 12.4 Å². The van der Waals surface area contributed by atoms with E-state index in [4.69, 9.17) is 16.3 Å². The molecule has 3 rings (SSSR count). The zero-order chi connectivity index (χ0) is 23.0. The van der Waals surface area contributed by atoms with Crippen LogP contribution in [0.4, 0.5) is 11.4 Å². The Kier molecular flexibility index (Phi) is 6.58. The number of anilines is 2. The zero-order valence-electron chi connectivity index (χ0n) is 18.5. The van der Waals surface area contributed by atoms with E-state index in [1.165, 1.54) is 12.1 Å². The molecule has 168 valence electrons. The number of nitrogens with zero attached hydrogens (tertiary/aromatic N) is 1. The Morgan fingerprint density at radius 2 is 1.90 bits per heavy atom. The average Bonchev–Trinajstić information content (AvgIpc) is 2.77. The van der Waals surface area contributed by atoms with Gasteiger partial charge in [-0.3, -0.25) is 9.52 Å². The quantitative estimate of drug-likeness (QED) is 0.633. The van der Waals surface area contributed by atoms with E-state index in [-0.39, 0.29) is 17.4 Å². The fraction of sp³-hybridized carbons (Fsp3) is 0.435. The number of hydrogen-bond acceptors (Lipinski definition) is 4. The number of carbonyl (C=O) groups is 1. The first-order valence-electron chi connectivity index (χ1n) is 10.3. The van der Waals surface area contributed by atoms with Gasteiger partial charge in [0.25, 0.3) is 10.0 Å². The van der Waals surface area contributed by atoms with Gasteiger partial charge in [-0.1, -0.05) is 31.5 Å². The van der Waals surface area contributed by atoms with Crippen LogP contribution in [0, 0.1) is 18.3 Å². The highest BCUT2D eigenvalue weighted by molar-refractivity contribution is 7.92. The number of aryl methyl sites for hydroxylation is 1. The highest BCUT2D eigenvalue weighted by Crippen LogP contribution is 2.39. The molecule has 6 nitrogen and oxygen atoms in total. The lowest BCUT2D eigenvalue weighted by Gasteiger charge is -2.28. The number of benzene rings is 2. The molecule has 0 saturated carbocycles. The van der Waals surface area contributed by atoms with Crippen molar-refractivity contribution < 1.29 is 17.9 Å². The molecule has 2 aromatic rings. The summed E-state index contributed by atoms with van der Waals surface area (Å²) in [4.78, 5) is 15.0. The molecule has 1 amide bonds. The Morgan fingerprint density at radius 3 is 2.55 bits per heavy atom. The standard InChI is InChI=1S/C23H29ClN2O4S/c1-15(2)10-11-26-20-9-7-17(12-21(20)30-14-23(4,5)22(26)27)25-31(28,29)18-8-6-16(3)19(24)13-18/h6-9,12-13,15,25H,10-11,14H2,1-5H3. The SMILES string of the molecule is Cc1ccc(S(=O)(=O)Nc2ccc3c(c2)OCC(C)(C)C(=O)N3CCC(C)C)cc1Cl. The molecule has 0 aromatic heterocycles. The van der Waals surface area contributed by atoms with E-state index >= 15 is 0 Å². The van der Waals surface area contributed by atoms with E-state index in [0.29, 0.717) is 34.6 Å². The van der Waals surface area contributed by atoms with E-state index in [0.717, 1.165) is 12.0 Å². The summed E-state index contributed by atoms with van der Waals surface area (Å²) in [6.45, 7) is 10.5. The van der Waals surface area contributed by atoms with Crippen molar-refractivity contribution in [3.05, 3.63) is 47.0 Å². The lowest BCUT2D eigenvalue weighted by molar-refractivity contribution is -0.127. The first-order valence-corrected chi connectivity index (χ1v) is 12.1. The van der Waals surface area contributed by atoms with Crippen molar-refractivity contribution in [3.63, 3.8) is 0 Å². The Morgan fingerprint density at radius 1 is 1.19 bits per heavy atom. The minimum absolute atomic E-state index is 0.00507.